The van der Waals surface area contributed by atoms with Crippen LogP contribution < -0.4 is 5.32 Å². The minimum atomic E-state index is -0.0748. The van der Waals surface area contributed by atoms with Crippen molar-refractivity contribution in [2.24, 2.45) is 5.92 Å². The monoisotopic (exact) mass is 259 g/mol. The summed E-state index contributed by atoms with van der Waals surface area (Å²) < 4.78 is 0. The zero-order chi connectivity index (χ0) is 13.3. The molecule has 0 spiro atoms. The molecule has 3 rings (SSSR count). The van der Waals surface area contributed by atoms with Crippen LogP contribution in [-0.2, 0) is 16.6 Å². The molecule has 19 heavy (non-hydrogen) atoms. The Balaban J connectivity index is 1.50. The van der Waals surface area contributed by atoms with Gasteiger partial charge >= 0.3 is 0 Å². The first kappa shape index (κ1) is 12.0. The van der Waals surface area contributed by atoms with E-state index in [-0.39, 0.29) is 17.2 Å². The topological polar surface area (TPSA) is 86.5 Å². The molecule has 6 nitrogen and oxygen atoms in total. The number of nitrogens with zero attached hydrogens (tertiary/aromatic N) is 2. The maximum Gasteiger partial charge on any atom is 0.224 e. The first-order valence-electron chi connectivity index (χ1n) is 6.44. The Labute approximate surface area is 111 Å². The van der Waals surface area contributed by atoms with Crippen molar-refractivity contribution in [3.05, 3.63) is 36.4 Å². The van der Waals surface area contributed by atoms with Crippen LogP contribution in [0.1, 0.15) is 24.7 Å². The third-order valence-electron chi connectivity index (χ3n) is 3.92. The van der Waals surface area contributed by atoms with Gasteiger partial charge in [0, 0.05) is 48.1 Å². The van der Waals surface area contributed by atoms with Crippen LogP contribution in [0.5, 0.6) is 0 Å². The highest BCUT2D eigenvalue weighted by Crippen LogP contribution is 2.53. The average Bonchev–Trinajstić information content (AvgIpc) is 2.87. The molecule has 2 atom stereocenters. The predicted octanol–water partition coefficient (Wildman–Crippen LogP) is 0.769. The minimum absolute atomic E-state index is 0.0507. The quantitative estimate of drug-likeness (QED) is 0.741. The van der Waals surface area contributed by atoms with E-state index in [1.54, 1.807) is 25.0 Å². The molecule has 2 aromatic rings. The summed E-state index contributed by atoms with van der Waals surface area (Å²) in [6.07, 6.45) is 8.54. The van der Waals surface area contributed by atoms with Gasteiger partial charge in [0.25, 0.3) is 0 Å². The molecule has 100 valence electrons. The molecular formula is C13H17N5O. The summed E-state index contributed by atoms with van der Waals surface area (Å²) in [4.78, 5) is 26.2. The molecule has 1 amide bonds. The summed E-state index contributed by atoms with van der Waals surface area (Å²) in [6, 6.07) is 0. The van der Waals surface area contributed by atoms with E-state index < -0.39 is 0 Å². The van der Waals surface area contributed by atoms with Crippen molar-refractivity contribution in [3.8, 4) is 0 Å². The highest BCUT2D eigenvalue weighted by atomic mass is 16.2. The smallest absolute Gasteiger partial charge is 0.224 e. The van der Waals surface area contributed by atoms with E-state index in [0.29, 0.717) is 6.54 Å². The van der Waals surface area contributed by atoms with E-state index in [4.69, 9.17) is 0 Å². The number of amides is 1. The van der Waals surface area contributed by atoms with Gasteiger partial charge in [0.05, 0.1) is 12.7 Å². The van der Waals surface area contributed by atoms with Crippen LogP contribution >= 0.6 is 0 Å². The van der Waals surface area contributed by atoms with Gasteiger partial charge in [0.1, 0.15) is 0 Å². The van der Waals surface area contributed by atoms with Crippen LogP contribution in [-0.4, -0.2) is 32.4 Å². The van der Waals surface area contributed by atoms with Crippen molar-refractivity contribution < 1.29 is 4.79 Å². The van der Waals surface area contributed by atoms with E-state index in [2.05, 4.69) is 32.2 Å². The third-order valence-corrected chi connectivity index (χ3v) is 3.92. The summed E-state index contributed by atoms with van der Waals surface area (Å²) in [5.41, 5.74) is 2.00. The number of carbonyl (C=O) groups is 1. The van der Waals surface area contributed by atoms with Crippen LogP contribution in [0.2, 0.25) is 0 Å². The lowest BCUT2D eigenvalue weighted by molar-refractivity contribution is -0.122. The molecule has 1 fully saturated rings. The lowest BCUT2D eigenvalue weighted by atomic mass is 10.0. The van der Waals surface area contributed by atoms with Gasteiger partial charge in [0.2, 0.25) is 5.91 Å². The third kappa shape index (κ3) is 2.25. The maximum absolute atomic E-state index is 12.1. The van der Waals surface area contributed by atoms with Gasteiger partial charge in [0.15, 0.2) is 0 Å². The first-order chi connectivity index (χ1) is 9.20. The summed E-state index contributed by atoms with van der Waals surface area (Å²) in [6.45, 7) is 2.73. The fourth-order valence-electron chi connectivity index (χ4n) is 2.48. The van der Waals surface area contributed by atoms with Gasteiger partial charge in [-0.1, -0.05) is 6.92 Å². The summed E-state index contributed by atoms with van der Waals surface area (Å²) in [7, 11) is 0. The van der Waals surface area contributed by atoms with Crippen molar-refractivity contribution in [3.63, 3.8) is 0 Å². The van der Waals surface area contributed by atoms with Gasteiger partial charge in [-0.2, -0.15) is 0 Å². The number of imidazole rings is 2. The Morgan fingerprint density at radius 1 is 1.42 bits per heavy atom. The summed E-state index contributed by atoms with van der Waals surface area (Å²) in [5.74, 6) is 0.173. The number of hydrogen-bond donors (Lipinski definition) is 3. The number of hydrogen-bond acceptors (Lipinski definition) is 3. The Morgan fingerprint density at radius 2 is 2.21 bits per heavy atom. The van der Waals surface area contributed by atoms with Crippen LogP contribution in [0.15, 0.2) is 25.0 Å². The summed E-state index contributed by atoms with van der Waals surface area (Å²) >= 11 is 0. The fraction of sp³-hybridized carbons (Fsp3) is 0.462. The Kier molecular flexibility index (Phi) is 2.85. The van der Waals surface area contributed by atoms with Crippen molar-refractivity contribution in [1.82, 2.24) is 25.3 Å². The SMILES string of the molecule is C[C@@]1(c2cnc[nH]2)CC1C(=O)NCCc1cnc[nH]1. The van der Waals surface area contributed by atoms with Gasteiger partial charge in [-0.15, -0.1) is 0 Å². The molecule has 0 aromatic carbocycles. The Morgan fingerprint density at radius 3 is 2.89 bits per heavy atom. The lowest BCUT2D eigenvalue weighted by Gasteiger charge is -2.09. The van der Waals surface area contributed by atoms with Crippen LogP contribution in [0.25, 0.3) is 0 Å². The van der Waals surface area contributed by atoms with E-state index in [9.17, 15) is 4.79 Å². The standard InChI is InChI=1S/C13H17N5O/c1-13(11-6-15-8-18-11)4-10(13)12(19)16-3-2-9-5-14-7-17-9/h5-8,10H,2-4H2,1H3,(H,14,17)(H,15,18)(H,16,19)/t10?,13-/m1/s1. The van der Waals surface area contributed by atoms with E-state index in [0.717, 1.165) is 24.2 Å². The fourth-order valence-corrected chi connectivity index (χ4v) is 2.48. The second kappa shape index (κ2) is 4.53. The molecule has 0 aliphatic heterocycles. The number of aromatic amines is 2. The molecule has 6 heteroatoms. The van der Waals surface area contributed by atoms with E-state index in [1.807, 2.05) is 0 Å². The molecule has 3 N–H and O–H groups in total. The Bertz CT molecular complexity index is 548. The number of H-pyrrole nitrogens is 2. The molecule has 2 heterocycles. The number of nitrogens with one attached hydrogen (secondary N) is 3. The molecule has 1 aliphatic rings. The Hall–Kier alpha value is -2.11. The van der Waals surface area contributed by atoms with Gasteiger partial charge in [-0.05, 0) is 6.42 Å². The molecule has 1 saturated carbocycles. The first-order valence-corrected chi connectivity index (χ1v) is 6.44. The zero-order valence-corrected chi connectivity index (χ0v) is 10.8. The van der Waals surface area contributed by atoms with Gasteiger partial charge in [-0.25, -0.2) is 9.97 Å². The van der Waals surface area contributed by atoms with E-state index in [1.165, 1.54) is 0 Å². The van der Waals surface area contributed by atoms with Crippen LogP contribution in [0.3, 0.4) is 0 Å². The predicted molar refractivity (Wildman–Crippen MR) is 69.3 cm³/mol. The molecule has 2 aromatic heterocycles. The summed E-state index contributed by atoms with van der Waals surface area (Å²) in [5, 5.41) is 2.98. The number of aromatic nitrogens is 4. The second-order valence-corrected chi connectivity index (χ2v) is 5.26. The number of rotatable bonds is 5. The maximum atomic E-state index is 12.1. The highest BCUT2D eigenvalue weighted by molar-refractivity contribution is 5.84. The van der Waals surface area contributed by atoms with Crippen molar-refractivity contribution in [2.75, 3.05) is 6.54 Å². The molecule has 1 aliphatic carbocycles. The second-order valence-electron chi connectivity index (χ2n) is 5.26. The van der Waals surface area contributed by atoms with Crippen molar-refractivity contribution >= 4 is 5.91 Å². The molecule has 0 saturated heterocycles. The van der Waals surface area contributed by atoms with Crippen LogP contribution in [0, 0.1) is 5.92 Å². The zero-order valence-electron chi connectivity index (χ0n) is 10.8. The van der Waals surface area contributed by atoms with Gasteiger partial charge in [-0.3, -0.25) is 4.79 Å². The average molecular weight is 259 g/mol. The molecule has 0 bridgehead atoms. The van der Waals surface area contributed by atoms with Crippen molar-refractivity contribution in [2.45, 2.75) is 25.2 Å². The molecule has 0 radical (unpaired) electrons. The minimum Gasteiger partial charge on any atom is -0.355 e. The van der Waals surface area contributed by atoms with Crippen LogP contribution in [0.4, 0.5) is 0 Å². The number of carbonyl (C=O) groups excluding carboxylic acids is 1. The highest BCUT2D eigenvalue weighted by Gasteiger charge is 2.56. The van der Waals surface area contributed by atoms with Crippen molar-refractivity contribution in [1.29, 1.82) is 0 Å². The molecule has 1 unspecified atom stereocenters. The van der Waals surface area contributed by atoms with Gasteiger partial charge < -0.3 is 15.3 Å². The lowest BCUT2D eigenvalue weighted by Crippen LogP contribution is -2.29. The largest absolute Gasteiger partial charge is 0.355 e. The molecular weight excluding hydrogens is 242 g/mol. The van der Waals surface area contributed by atoms with E-state index >= 15 is 0 Å². The normalized spacial score (nSPS) is 25.2.